The third-order valence-electron chi connectivity index (χ3n) is 5.53. The molecule has 3 aliphatic heterocycles. The number of carbonyl (C=O) groups is 1. The van der Waals surface area contributed by atoms with Crippen molar-refractivity contribution in [3.05, 3.63) is 0 Å². The standard InChI is InChI=1S/C16H29N3O2.2ClH/c1-18(14-3-8-17-9-4-14)13-15(20)19-10-6-16(7-11-19)5-2-12-21-16;;/h14,17H,2-13H2,1H3;2*1H. The SMILES string of the molecule is CN(CC(=O)N1CCC2(CCCO2)CC1)C1CCNCC1.Cl.Cl. The smallest absolute Gasteiger partial charge is 0.236 e. The summed E-state index contributed by atoms with van der Waals surface area (Å²) in [5.41, 5.74) is 0.109. The van der Waals surface area contributed by atoms with Crippen LogP contribution in [0.4, 0.5) is 0 Å². The fourth-order valence-electron chi connectivity index (χ4n) is 4.00. The topological polar surface area (TPSA) is 44.8 Å². The number of carbonyl (C=O) groups excluding carboxylic acids is 1. The van der Waals surface area contributed by atoms with Crippen LogP contribution in [0.25, 0.3) is 0 Å². The van der Waals surface area contributed by atoms with E-state index in [0.29, 0.717) is 18.5 Å². The zero-order chi connectivity index (χ0) is 14.7. The number of hydrogen-bond donors (Lipinski definition) is 1. The average Bonchev–Trinajstić information content (AvgIpc) is 2.97. The summed E-state index contributed by atoms with van der Waals surface area (Å²) in [5, 5.41) is 3.38. The zero-order valence-electron chi connectivity index (χ0n) is 14.1. The highest BCUT2D eigenvalue weighted by atomic mass is 35.5. The lowest BCUT2D eigenvalue weighted by Crippen LogP contribution is -2.50. The lowest BCUT2D eigenvalue weighted by molar-refractivity contribution is -0.137. The molecule has 136 valence electrons. The van der Waals surface area contributed by atoms with Gasteiger partial charge in [-0.3, -0.25) is 9.69 Å². The molecule has 23 heavy (non-hydrogen) atoms. The van der Waals surface area contributed by atoms with Crippen molar-refractivity contribution in [3.8, 4) is 0 Å². The summed E-state index contributed by atoms with van der Waals surface area (Å²) in [7, 11) is 2.10. The maximum Gasteiger partial charge on any atom is 0.236 e. The van der Waals surface area contributed by atoms with E-state index in [2.05, 4.69) is 17.3 Å². The van der Waals surface area contributed by atoms with Gasteiger partial charge in [-0.15, -0.1) is 24.8 Å². The highest BCUT2D eigenvalue weighted by Crippen LogP contribution is 2.35. The molecule has 0 atom stereocenters. The molecule has 3 heterocycles. The second kappa shape index (κ2) is 9.42. The van der Waals surface area contributed by atoms with Gasteiger partial charge in [0.1, 0.15) is 0 Å². The number of ether oxygens (including phenoxy) is 1. The summed E-state index contributed by atoms with van der Waals surface area (Å²) in [6.07, 6.45) is 6.73. The normalized spacial score (nSPS) is 24.3. The summed E-state index contributed by atoms with van der Waals surface area (Å²) in [6.45, 7) is 5.38. The Balaban J connectivity index is 0.00000132. The largest absolute Gasteiger partial charge is 0.375 e. The van der Waals surface area contributed by atoms with Gasteiger partial charge in [-0.25, -0.2) is 0 Å². The van der Waals surface area contributed by atoms with E-state index >= 15 is 0 Å². The van der Waals surface area contributed by atoms with E-state index in [-0.39, 0.29) is 30.4 Å². The predicted molar refractivity (Wildman–Crippen MR) is 96.7 cm³/mol. The van der Waals surface area contributed by atoms with Crippen molar-refractivity contribution < 1.29 is 9.53 Å². The Hall–Kier alpha value is -0.0700. The highest BCUT2D eigenvalue weighted by molar-refractivity contribution is 5.85. The fraction of sp³-hybridized carbons (Fsp3) is 0.938. The predicted octanol–water partition coefficient (Wildman–Crippen LogP) is 1.69. The molecule has 0 aromatic rings. The van der Waals surface area contributed by atoms with Crippen molar-refractivity contribution in [2.24, 2.45) is 0 Å². The van der Waals surface area contributed by atoms with Gasteiger partial charge in [-0.1, -0.05) is 0 Å². The number of rotatable bonds is 3. The molecule has 7 heteroatoms. The first-order valence-electron chi connectivity index (χ1n) is 8.51. The number of hydrogen-bond acceptors (Lipinski definition) is 4. The Morgan fingerprint density at radius 1 is 1.22 bits per heavy atom. The summed E-state index contributed by atoms with van der Waals surface area (Å²) in [4.78, 5) is 16.8. The summed E-state index contributed by atoms with van der Waals surface area (Å²) in [5.74, 6) is 0.295. The molecule has 1 N–H and O–H groups in total. The van der Waals surface area contributed by atoms with E-state index in [9.17, 15) is 4.79 Å². The van der Waals surface area contributed by atoms with Crippen molar-refractivity contribution in [1.29, 1.82) is 0 Å². The minimum absolute atomic E-state index is 0. The Labute approximate surface area is 152 Å². The summed E-state index contributed by atoms with van der Waals surface area (Å²) in [6, 6.07) is 0.560. The first-order valence-corrected chi connectivity index (χ1v) is 8.51. The second-order valence-corrected chi connectivity index (χ2v) is 6.91. The van der Waals surface area contributed by atoms with Crippen LogP contribution in [-0.4, -0.2) is 73.7 Å². The first-order chi connectivity index (χ1) is 10.2. The number of nitrogens with zero attached hydrogens (tertiary/aromatic N) is 2. The molecule has 0 aromatic heterocycles. The number of likely N-dealkylation sites (N-methyl/N-ethyl adjacent to an activating group) is 1. The maximum atomic E-state index is 12.5. The number of amides is 1. The molecule has 3 rings (SSSR count). The lowest BCUT2D eigenvalue weighted by atomic mass is 9.88. The van der Waals surface area contributed by atoms with Crippen LogP contribution in [0.5, 0.6) is 0 Å². The molecule has 1 amide bonds. The molecule has 3 saturated heterocycles. The zero-order valence-corrected chi connectivity index (χ0v) is 15.7. The van der Waals surface area contributed by atoms with Crippen LogP contribution in [0.3, 0.4) is 0 Å². The van der Waals surface area contributed by atoms with Crippen molar-refractivity contribution in [2.45, 2.75) is 50.2 Å². The van der Waals surface area contributed by atoms with Gasteiger partial charge in [-0.05, 0) is 58.7 Å². The molecular weight excluding hydrogens is 337 g/mol. The van der Waals surface area contributed by atoms with Crippen molar-refractivity contribution >= 4 is 30.7 Å². The molecule has 0 unspecified atom stereocenters. The van der Waals surface area contributed by atoms with Crippen molar-refractivity contribution in [1.82, 2.24) is 15.1 Å². The molecular formula is C16H31Cl2N3O2. The van der Waals surface area contributed by atoms with E-state index in [1.807, 2.05) is 4.90 Å². The van der Waals surface area contributed by atoms with Gasteiger partial charge in [0.2, 0.25) is 5.91 Å². The summed E-state index contributed by atoms with van der Waals surface area (Å²) >= 11 is 0. The van der Waals surface area contributed by atoms with E-state index < -0.39 is 0 Å². The quantitative estimate of drug-likeness (QED) is 0.824. The maximum absolute atomic E-state index is 12.5. The van der Waals surface area contributed by atoms with Crippen LogP contribution in [0.1, 0.15) is 38.5 Å². The molecule has 3 aliphatic rings. The molecule has 0 bridgehead atoms. The third kappa shape index (κ3) is 5.20. The van der Waals surface area contributed by atoms with Crippen molar-refractivity contribution in [2.75, 3.05) is 46.4 Å². The number of piperidine rings is 2. The van der Waals surface area contributed by atoms with Gasteiger partial charge < -0.3 is 15.0 Å². The van der Waals surface area contributed by atoms with Crippen LogP contribution in [0, 0.1) is 0 Å². The van der Waals surface area contributed by atoms with Gasteiger partial charge in [0.05, 0.1) is 12.1 Å². The van der Waals surface area contributed by atoms with Crippen LogP contribution in [0.2, 0.25) is 0 Å². The van der Waals surface area contributed by atoms with Gasteiger partial charge in [0, 0.05) is 25.7 Å². The first kappa shape index (κ1) is 21.0. The van der Waals surface area contributed by atoms with Gasteiger partial charge in [0.15, 0.2) is 0 Å². The molecule has 0 aromatic carbocycles. The minimum atomic E-state index is 0. The van der Waals surface area contributed by atoms with Gasteiger partial charge >= 0.3 is 0 Å². The Bertz CT molecular complexity index is 362. The van der Waals surface area contributed by atoms with Crippen LogP contribution < -0.4 is 5.32 Å². The van der Waals surface area contributed by atoms with Crippen LogP contribution in [-0.2, 0) is 9.53 Å². The molecule has 3 fully saturated rings. The minimum Gasteiger partial charge on any atom is -0.375 e. The fourth-order valence-corrected chi connectivity index (χ4v) is 4.00. The van der Waals surface area contributed by atoms with Gasteiger partial charge in [-0.2, -0.15) is 0 Å². The third-order valence-corrected chi connectivity index (χ3v) is 5.53. The molecule has 0 saturated carbocycles. The molecule has 5 nitrogen and oxygen atoms in total. The van der Waals surface area contributed by atoms with E-state index in [0.717, 1.165) is 58.5 Å². The second-order valence-electron chi connectivity index (χ2n) is 6.91. The monoisotopic (exact) mass is 367 g/mol. The van der Waals surface area contributed by atoms with E-state index in [4.69, 9.17) is 4.74 Å². The van der Waals surface area contributed by atoms with Crippen LogP contribution in [0.15, 0.2) is 0 Å². The Morgan fingerprint density at radius 3 is 2.43 bits per heavy atom. The number of nitrogens with one attached hydrogen (secondary N) is 1. The molecule has 0 aliphatic carbocycles. The average molecular weight is 368 g/mol. The van der Waals surface area contributed by atoms with Crippen LogP contribution >= 0.6 is 24.8 Å². The van der Waals surface area contributed by atoms with E-state index in [1.165, 1.54) is 12.8 Å². The van der Waals surface area contributed by atoms with Crippen molar-refractivity contribution in [3.63, 3.8) is 0 Å². The highest BCUT2D eigenvalue weighted by Gasteiger charge is 2.39. The Kier molecular flexibility index (Phi) is 8.59. The van der Waals surface area contributed by atoms with E-state index in [1.54, 1.807) is 0 Å². The summed E-state index contributed by atoms with van der Waals surface area (Å²) < 4.78 is 5.93. The van der Waals surface area contributed by atoms with Gasteiger partial charge in [0.25, 0.3) is 0 Å². The Morgan fingerprint density at radius 2 is 1.87 bits per heavy atom. The number of halogens is 2. The number of likely N-dealkylation sites (tertiary alicyclic amines) is 1. The molecule has 0 radical (unpaired) electrons. The molecule has 1 spiro atoms. The lowest BCUT2D eigenvalue weighted by Gasteiger charge is -2.39.